The lowest BCUT2D eigenvalue weighted by atomic mass is 9.78. The molecule has 2 aliphatic carbocycles. The van der Waals surface area contributed by atoms with Gasteiger partial charge in [0.05, 0.1) is 0 Å². The van der Waals surface area contributed by atoms with Crippen LogP contribution >= 0.6 is 0 Å². The van der Waals surface area contributed by atoms with Crippen molar-refractivity contribution < 1.29 is 4.79 Å². The Hall–Kier alpha value is -2.41. The molecule has 0 spiro atoms. The first-order valence-corrected chi connectivity index (χ1v) is 8.89. The van der Waals surface area contributed by atoms with Gasteiger partial charge in [0.1, 0.15) is 5.78 Å². The first kappa shape index (κ1) is 14.0. The SMILES string of the molecule is O=C1[C@@H]2Cc3ccccc3C[C@H]1Cc1cccc3cccc(c13)C2. The van der Waals surface area contributed by atoms with Crippen molar-refractivity contribution in [2.24, 2.45) is 11.8 Å². The maximum Gasteiger partial charge on any atom is 0.140 e. The van der Waals surface area contributed by atoms with E-state index >= 15 is 0 Å². The number of hydrogen-bond acceptors (Lipinski definition) is 1. The third-order valence-electron chi connectivity index (χ3n) is 5.87. The summed E-state index contributed by atoms with van der Waals surface area (Å²) in [4.78, 5) is 13.2. The molecule has 0 unspecified atom stereocenters. The highest BCUT2D eigenvalue weighted by atomic mass is 16.1. The summed E-state index contributed by atoms with van der Waals surface area (Å²) in [5, 5.41) is 2.71. The number of fused-ring (bicyclic) bond motifs is 3. The highest BCUT2D eigenvalue weighted by molar-refractivity contribution is 5.93. The second-order valence-electron chi connectivity index (χ2n) is 7.31. The van der Waals surface area contributed by atoms with Gasteiger partial charge in [-0.3, -0.25) is 4.79 Å². The molecule has 0 radical (unpaired) electrons. The Balaban J connectivity index is 1.72. The molecule has 2 aliphatic rings. The number of ketones is 1. The minimum atomic E-state index is 0.123. The first-order chi connectivity index (χ1) is 11.8. The van der Waals surface area contributed by atoms with E-state index < -0.39 is 0 Å². The molecule has 0 fully saturated rings. The number of hydrogen-bond donors (Lipinski definition) is 0. The van der Waals surface area contributed by atoms with Crippen molar-refractivity contribution in [1.29, 1.82) is 0 Å². The molecule has 5 rings (SSSR count). The van der Waals surface area contributed by atoms with Crippen LogP contribution in [0.15, 0.2) is 60.7 Å². The zero-order valence-electron chi connectivity index (χ0n) is 13.7. The normalized spacial score (nSPS) is 22.4. The number of benzene rings is 3. The molecule has 3 aromatic carbocycles. The molecular formula is C23H20O. The minimum absolute atomic E-state index is 0.123. The van der Waals surface area contributed by atoms with Gasteiger partial charge in [-0.2, -0.15) is 0 Å². The Bertz CT molecular complexity index is 881. The van der Waals surface area contributed by atoms with Crippen LogP contribution in [0, 0.1) is 11.8 Å². The smallest absolute Gasteiger partial charge is 0.140 e. The van der Waals surface area contributed by atoms with E-state index in [0.717, 1.165) is 25.7 Å². The molecule has 0 aromatic heterocycles. The lowest BCUT2D eigenvalue weighted by Crippen LogP contribution is -2.29. The van der Waals surface area contributed by atoms with Crippen LogP contribution in [-0.4, -0.2) is 5.78 Å². The number of carbonyl (C=O) groups excluding carboxylic acids is 1. The van der Waals surface area contributed by atoms with E-state index in [9.17, 15) is 4.79 Å². The van der Waals surface area contributed by atoms with E-state index in [1.807, 2.05) is 0 Å². The van der Waals surface area contributed by atoms with Gasteiger partial charge in [-0.15, -0.1) is 0 Å². The van der Waals surface area contributed by atoms with Crippen LogP contribution in [0.3, 0.4) is 0 Å². The van der Waals surface area contributed by atoms with Crippen LogP contribution in [0.1, 0.15) is 22.3 Å². The van der Waals surface area contributed by atoms with Gasteiger partial charge >= 0.3 is 0 Å². The summed E-state index contributed by atoms with van der Waals surface area (Å²) in [5.74, 6) is 0.716. The Morgan fingerprint density at radius 1 is 0.583 bits per heavy atom. The molecule has 0 N–H and O–H groups in total. The zero-order chi connectivity index (χ0) is 16.1. The Labute approximate surface area is 142 Å². The standard InChI is InChI=1S/C23H20O/c24-23-20-11-16-5-1-2-6-17(16)12-21(23)14-19-10-4-8-15-7-3-9-18(13-20)22(15)19/h1-10,20-21H,11-14H2/t20-,21+. The fourth-order valence-electron chi connectivity index (χ4n) is 4.74. The predicted octanol–water partition coefficient (Wildman–Crippen LogP) is 4.54. The minimum Gasteiger partial charge on any atom is -0.299 e. The van der Waals surface area contributed by atoms with Crippen molar-refractivity contribution in [2.75, 3.05) is 0 Å². The molecule has 2 atom stereocenters. The summed E-state index contributed by atoms with van der Waals surface area (Å²) in [6.45, 7) is 0. The predicted molar refractivity (Wildman–Crippen MR) is 97.2 cm³/mol. The van der Waals surface area contributed by atoms with E-state index in [0.29, 0.717) is 5.78 Å². The number of Topliss-reactive ketones (excluding diaryl/α,β-unsaturated/α-hetero) is 1. The Morgan fingerprint density at radius 3 is 1.58 bits per heavy atom. The molecule has 1 nitrogen and oxygen atoms in total. The lowest BCUT2D eigenvalue weighted by Gasteiger charge is -2.24. The van der Waals surface area contributed by atoms with Gasteiger partial charge in [-0.25, -0.2) is 0 Å². The van der Waals surface area contributed by atoms with Gasteiger partial charge < -0.3 is 0 Å². The third-order valence-corrected chi connectivity index (χ3v) is 5.87. The Morgan fingerprint density at radius 2 is 1.04 bits per heavy atom. The van der Waals surface area contributed by atoms with Gasteiger partial charge in [-0.1, -0.05) is 60.7 Å². The molecule has 0 saturated heterocycles. The zero-order valence-corrected chi connectivity index (χ0v) is 13.7. The van der Waals surface area contributed by atoms with Gasteiger partial charge in [0.2, 0.25) is 0 Å². The summed E-state index contributed by atoms with van der Waals surface area (Å²) in [6, 6.07) is 21.7. The average Bonchev–Trinajstić information content (AvgIpc) is 2.74. The molecule has 0 heterocycles. The van der Waals surface area contributed by atoms with Crippen molar-refractivity contribution in [1.82, 2.24) is 0 Å². The second-order valence-corrected chi connectivity index (χ2v) is 7.31. The first-order valence-electron chi connectivity index (χ1n) is 8.89. The van der Waals surface area contributed by atoms with Crippen molar-refractivity contribution in [3.05, 3.63) is 82.9 Å². The fourth-order valence-corrected chi connectivity index (χ4v) is 4.74. The molecule has 1 heteroatoms. The van der Waals surface area contributed by atoms with E-state index in [-0.39, 0.29) is 11.8 Å². The number of rotatable bonds is 0. The molecule has 0 aliphatic heterocycles. The molecule has 0 saturated carbocycles. The van der Waals surface area contributed by atoms with Crippen LogP contribution in [0.25, 0.3) is 10.8 Å². The number of carbonyl (C=O) groups is 1. The molecule has 2 bridgehead atoms. The summed E-state index contributed by atoms with van der Waals surface area (Å²) >= 11 is 0. The van der Waals surface area contributed by atoms with Gasteiger partial charge in [-0.05, 0) is 58.7 Å². The summed E-state index contributed by atoms with van der Waals surface area (Å²) < 4.78 is 0. The largest absolute Gasteiger partial charge is 0.299 e. The maximum absolute atomic E-state index is 13.2. The van der Waals surface area contributed by atoms with Crippen LogP contribution in [0.2, 0.25) is 0 Å². The monoisotopic (exact) mass is 312 g/mol. The molecule has 3 aromatic rings. The summed E-state index contributed by atoms with van der Waals surface area (Å²) in [7, 11) is 0. The van der Waals surface area contributed by atoms with Crippen molar-refractivity contribution >= 4 is 16.6 Å². The van der Waals surface area contributed by atoms with E-state index in [1.165, 1.54) is 33.0 Å². The van der Waals surface area contributed by atoms with Crippen LogP contribution < -0.4 is 0 Å². The quantitative estimate of drug-likeness (QED) is 0.595. The lowest BCUT2D eigenvalue weighted by molar-refractivity contribution is -0.126. The molecular weight excluding hydrogens is 292 g/mol. The summed E-state index contributed by atoms with van der Waals surface area (Å²) in [5.41, 5.74) is 5.44. The third kappa shape index (κ3) is 2.11. The fraction of sp³-hybridized carbons (Fsp3) is 0.261. The molecule has 118 valence electrons. The van der Waals surface area contributed by atoms with Crippen molar-refractivity contribution in [3.8, 4) is 0 Å². The van der Waals surface area contributed by atoms with Gasteiger partial charge in [0, 0.05) is 11.8 Å². The summed E-state index contributed by atoms with van der Waals surface area (Å²) in [6.07, 6.45) is 3.53. The molecule has 0 amide bonds. The van der Waals surface area contributed by atoms with Crippen molar-refractivity contribution in [2.45, 2.75) is 25.7 Å². The van der Waals surface area contributed by atoms with E-state index in [2.05, 4.69) is 60.7 Å². The molecule has 24 heavy (non-hydrogen) atoms. The van der Waals surface area contributed by atoms with Crippen LogP contribution in [-0.2, 0) is 30.5 Å². The highest BCUT2D eigenvalue weighted by Crippen LogP contribution is 2.36. The second kappa shape index (κ2) is 5.31. The van der Waals surface area contributed by atoms with Gasteiger partial charge in [0.25, 0.3) is 0 Å². The van der Waals surface area contributed by atoms with E-state index in [4.69, 9.17) is 0 Å². The van der Waals surface area contributed by atoms with Crippen molar-refractivity contribution in [3.63, 3.8) is 0 Å². The average molecular weight is 312 g/mol. The highest BCUT2D eigenvalue weighted by Gasteiger charge is 2.34. The topological polar surface area (TPSA) is 17.1 Å². The van der Waals surface area contributed by atoms with Crippen LogP contribution in [0.5, 0.6) is 0 Å². The maximum atomic E-state index is 13.2. The Kier molecular flexibility index (Phi) is 3.09. The van der Waals surface area contributed by atoms with Gasteiger partial charge in [0.15, 0.2) is 0 Å². The van der Waals surface area contributed by atoms with E-state index in [1.54, 1.807) is 0 Å². The van der Waals surface area contributed by atoms with Crippen LogP contribution in [0.4, 0.5) is 0 Å².